The summed E-state index contributed by atoms with van der Waals surface area (Å²) in [6.07, 6.45) is 3.74. The van der Waals surface area contributed by atoms with Crippen LogP contribution in [-0.2, 0) is 14.3 Å². The molecule has 0 aliphatic rings. The molecule has 13 heavy (non-hydrogen) atoms. The van der Waals surface area contributed by atoms with Crippen LogP contribution in [0.2, 0.25) is 0 Å². The molecule has 0 amide bonds. The van der Waals surface area contributed by atoms with Gasteiger partial charge in [0.2, 0.25) is 0 Å². The fourth-order valence-electron chi connectivity index (χ4n) is 0.771. The van der Waals surface area contributed by atoms with Crippen LogP contribution in [0.3, 0.4) is 0 Å². The molecular weight excluding hydrogens is 188 g/mol. The predicted octanol–water partition coefficient (Wildman–Crippen LogP) is 1.63. The molecule has 0 aliphatic heterocycles. The molecule has 4 heteroatoms. The van der Waals surface area contributed by atoms with Crippen molar-refractivity contribution in [1.82, 2.24) is 0 Å². The molecule has 3 nitrogen and oxygen atoms in total. The Kier molecular flexibility index (Phi) is 3.08. The molecule has 0 N–H and O–H groups in total. The highest BCUT2D eigenvalue weighted by molar-refractivity contribution is 7.86. The molecule has 0 atom stereocenters. The van der Waals surface area contributed by atoms with Gasteiger partial charge in [-0.05, 0) is 11.6 Å². The van der Waals surface area contributed by atoms with Gasteiger partial charge in [0.25, 0.3) is 0 Å². The third-order valence-electron chi connectivity index (χ3n) is 1.29. The van der Waals surface area contributed by atoms with Crippen molar-refractivity contribution in [3.05, 3.63) is 42.2 Å². The number of benzene rings is 1. The lowest BCUT2D eigenvalue weighted by atomic mass is 10.2. The van der Waals surface area contributed by atoms with E-state index in [4.69, 9.17) is 0 Å². The summed E-state index contributed by atoms with van der Waals surface area (Å²) in [5, 5.41) is 0. The van der Waals surface area contributed by atoms with Gasteiger partial charge in [0.15, 0.2) is 0 Å². The van der Waals surface area contributed by atoms with Crippen molar-refractivity contribution in [3.8, 4) is 0 Å². The van der Waals surface area contributed by atoms with E-state index in [-0.39, 0.29) is 0 Å². The molecule has 0 fully saturated rings. The van der Waals surface area contributed by atoms with Gasteiger partial charge < -0.3 is 4.18 Å². The Hall–Kier alpha value is -1.29. The van der Waals surface area contributed by atoms with Crippen molar-refractivity contribution >= 4 is 16.2 Å². The van der Waals surface area contributed by atoms with Crippen LogP contribution in [0.25, 0.3) is 6.08 Å². The lowest BCUT2D eigenvalue weighted by Crippen LogP contribution is -1.95. The fraction of sp³-hybridized carbons (Fsp3) is 0.111. The highest BCUT2D eigenvalue weighted by Gasteiger charge is 1.95. The molecule has 0 radical (unpaired) electrons. The first-order chi connectivity index (χ1) is 6.08. The SMILES string of the molecule is CS(=O)(=O)O/C=C/c1ccccc1. The highest BCUT2D eigenvalue weighted by atomic mass is 32.2. The molecular formula is C9H10O3S. The van der Waals surface area contributed by atoms with Gasteiger partial charge in [-0.25, -0.2) is 0 Å². The monoisotopic (exact) mass is 198 g/mol. The van der Waals surface area contributed by atoms with E-state index >= 15 is 0 Å². The van der Waals surface area contributed by atoms with Crippen molar-refractivity contribution in [2.45, 2.75) is 0 Å². The summed E-state index contributed by atoms with van der Waals surface area (Å²) in [6.45, 7) is 0. The Labute approximate surface area is 77.8 Å². The Balaban J connectivity index is 2.61. The van der Waals surface area contributed by atoms with Crippen molar-refractivity contribution in [3.63, 3.8) is 0 Å². The van der Waals surface area contributed by atoms with Crippen LogP contribution in [-0.4, -0.2) is 14.7 Å². The van der Waals surface area contributed by atoms with Gasteiger partial charge in [0.1, 0.15) is 6.26 Å². The minimum atomic E-state index is -3.38. The molecule has 0 saturated carbocycles. The highest BCUT2D eigenvalue weighted by Crippen LogP contribution is 2.01. The van der Waals surface area contributed by atoms with Crippen LogP contribution >= 0.6 is 0 Å². The van der Waals surface area contributed by atoms with E-state index in [0.717, 1.165) is 18.1 Å². The normalized spacial score (nSPS) is 11.8. The van der Waals surface area contributed by atoms with Crippen molar-refractivity contribution in [2.75, 3.05) is 6.26 Å². The number of hydrogen-bond donors (Lipinski definition) is 0. The first-order valence-corrected chi connectivity index (χ1v) is 5.49. The molecule has 1 aromatic carbocycles. The van der Waals surface area contributed by atoms with Crippen LogP contribution in [0.4, 0.5) is 0 Å². The number of hydrogen-bond acceptors (Lipinski definition) is 3. The van der Waals surface area contributed by atoms with Crippen molar-refractivity contribution < 1.29 is 12.6 Å². The molecule has 0 aromatic heterocycles. The molecule has 1 rings (SSSR count). The smallest absolute Gasteiger partial charge is 0.305 e. The Morgan fingerprint density at radius 3 is 2.38 bits per heavy atom. The molecule has 0 aliphatic carbocycles. The van der Waals surface area contributed by atoms with E-state index in [1.54, 1.807) is 6.08 Å². The van der Waals surface area contributed by atoms with Crippen LogP contribution in [0.1, 0.15) is 5.56 Å². The van der Waals surface area contributed by atoms with Gasteiger partial charge in [-0.1, -0.05) is 30.3 Å². The van der Waals surface area contributed by atoms with Gasteiger partial charge in [-0.2, -0.15) is 8.42 Å². The van der Waals surface area contributed by atoms with Gasteiger partial charge in [-0.3, -0.25) is 0 Å². The topological polar surface area (TPSA) is 43.4 Å². The Morgan fingerprint density at radius 2 is 1.85 bits per heavy atom. The van der Waals surface area contributed by atoms with Gasteiger partial charge in [-0.15, -0.1) is 0 Å². The standard InChI is InChI=1S/C9H10O3S/c1-13(10,11)12-8-7-9-5-3-2-4-6-9/h2-8H,1H3/b8-7+. The average molecular weight is 198 g/mol. The maximum atomic E-state index is 10.5. The minimum absolute atomic E-state index is 0.895. The van der Waals surface area contributed by atoms with Gasteiger partial charge in [0.05, 0.1) is 6.26 Å². The van der Waals surface area contributed by atoms with Crippen LogP contribution in [0.5, 0.6) is 0 Å². The molecule has 0 spiro atoms. The Morgan fingerprint density at radius 1 is 1.23 bits per heavy atom. The van der Waals surface area contributed by atoms with E-state index in [9.17, 15) is 8.42 Å². The lowest BCUT2D eigenvalue weighted by molar-refractivity contribution is 0.452. The van der Waals surface area contributed by atoms with Gasteiger partial charge >= 0.3 is 10.1 Å². The molecule has 0 bridgehead atoms. The quantitative estimate of drug-likeness (QED) is 0.547. The van der Waals surface area contributed by atoms with E-state index in [1.165, 1.54) is 0 Å². The maximum Gasteiger partial charge on any atom is 0.305 e. The van der Waals surface area contributed by atoms with Crippen LogP contribution < -0.4 is 0 Å². The van der Waals surface area contributed by atoms with Crippen molar-refractivity contribution in [2.24, 2.45) is 0 Å². The van der Waals surface area contributed by atoms with Gasteiger partial charge in [0, 0.05) is 0 Å². The fourth-order valence-corrected chi connectivity index (χ4v) is 1.03. The number of rotatable bonds is 3. The summed E-state index contributed by atoms with van der Waals surface area (Å²) < 4.78 is 25.5. The van der Waals surface area contributed by atoms with E-state index in [2.05, 4.69) is 4.18 Å². The average Bonchev–Trinajstić information content (AvgIpc) is 2.04. The molecule has 70 valence electrons. The largest absolute Gasteiger partial charge is 0.391 e. The zero-order chi connectivity index (χ0) is 9.73. The summed E-state index contributed by atoms with van der Waals surface area (Å²) in [6, 6.07) is 9.30. The molecule has 0 unspecified atom stereocenters. The van der Waals surface area contributed by atoms with Crippen LogP contribution in [0.15, 0.2) is 36.6 Å². The second-order valence-corrected chi connectivity index (χ2v) is 4.11. The predicted molar refractivity (Wildman–Crippen MR) is 51.4 cm³/mol. The molecule has 0 heterocycles. The summed E-state index contributed by atoms with van der Waals surface area (Å²) in [7, 11) is -3.38. The second kappa shape index (κ2) is 4.09. The Bertz CT molecular complexity index is 379. The summed E-state index contributed by atoms with van der Waals surface area (Å²) >= 11 is 0. The van der Waals surface area contributed by atoms with E-state index < -0.39 is 10.1 Å². The van der Waals surface area contributed by atoms with Crippen molar-refractivity contribution in [1.29, 1.82) is 0 Å². The zero-order valence-electron chi connectivity index (χ0n) is 7.17. The summed E-state index contributed by atoms with van der Waals surface area (Å²) in [5.74, 6) is 0. The second-order valence-electron chi connectivity index (χ2n) is 2.51. The maximum absolute atomic E-state index is 10.5. The third kappa shape index (κ3) is 4.32. The summed E-state index contributed by atoms with van der Waals surface area (Å²) in [5.41, 5.74) is 0.895. The summed E-state index contributed by atoms with van der Waals surface area (Å²) in [4.78, 5) is 0. The van der Waals surface area contributed by atoms with Crippen LogP contribution in [0, 0.1) is 0 Å². The molecule has 0 saturated heterocycles. The zero-order valence-corrected chi connectivity index (χ0v) is 7.99. The minimum Gasteiger partial charge on any atom is -0.391 e. The van der Waals surface area contributed by atoms with E-state index in [0.29, 0.717) is 0 Å². The first-order valence-electron chi connectivity index (χ1n) is 3.68. The third-order valence-corrected chi connectivity index (χ3v) is 1.75. The van der Waals surface area contributed by atoms with E-state index in [1.807, 2.05) is 30.3 Å². The lowest BCUT2D eigenvalue weighted by Gasteiger charge is -1.94. The first kappa shape index (κ1) is 9.80. The molecule has 1 aromatic rings.